The number of aromatic nitrogens is 1. The molecule has 8 nitrogen and oxygen atoms in total. The third-order valence-electron chi connectivity index (χ3n) is 8.63. The van der Waals surface area contributed by atoms with Crippen LogP contribution in [-0.2, 0) is 4.74 Å². The second kappa shape index (κ2) is 18.6. The van der Waals surface area contributed by atoms with Gasteiger partial charge in [0.2, 0.25) is 5.88 Å². The maximum atomic E-state index is 12.0. The maximum absolute atomic E-state index is 12.0. The number of unbranched alkanes of at least 4 members (excludes halogenated alkanes) is 8. The summed E-state index contributed by atoms with van der Waals surface area (Å²) in [5.74, 6) is 1.25. The van der Waals surface area contributed by atoms with E-state index in [9.17, 15) is 4.79 Å². The van der Waals surface area contributed by atoms with Crippen molar-refractivity contribution >= 4 is 44.1 Å². The standard InChI is InChI=1S/C37H50N4O4S/c1-2-3-4-5-6-7-8-10-26-44-37(42)38-29-45-36-18-16-30-15-17-31(28-33(30)39-36)43-25-11-9-20-40-21-23-41(24-22-40)34-13-12-14-35-32(34)19-27-46-35/h12-19,27-28H,2-11,20-26,29H2,1H3,(H,38,42). The van der Waals surface area contributed by atoms with Gasteiger partial charge in [-0.25, -0.2) is 9.78 Å². The number of amides is 1. The van der Waals surface area contributed by atoms with Gasteiger partial charge in [-0.05, 0) is 67.6 Å². The first-order valence-corrected chi connectivity index (χ1v) is 18.1. The quantitative estimate of drug-likeness (QED) is 0.0807. The molecule has 0 atom stereocenters. The van der Waals surface area contributed by atoms with E-state index in [-0.39, 0.29) is 6.73 Å². The number of hydrogen-bond donors (Lipinski definition) is 1. The molecule has 0 radical (unpaired) electrons. The van der Waals surface area contributed by atoms with Crippen molar-refractivity contribution in [2.45, 2.75) is 71.1 Å². The highest BCUT2D eigenvalue weighted by molar-refractivity contribution is 7.17. The van der Waals surface area contributed by atoms with E-state index in [1.165, 1.54) is 54.3 Å². The molecule has 0 saturated carbocycles. The molecule has 0 aliphatic carbocycles. The third kappa shape index (κ3) is 10.5. The van der Waals surface area contributed by atoms with Crippen LogP contribution in [0.4, 0.5) is 10.5 Å². The molecule has 1 saturated heterocycles. The van der Waals surface area contributed by atoms with Crippen molar-refractivity contribution in [3.63, 3.8) is 0 Å². The minimum Gasteiger partial charge on any atom is -0.494 e. The highest BCUT2D eigenvalue weighted by Gasteiger charge is 2.18. The fourth-order valence-corrected chi connectivity index (χ4v) is 6.77. The number of carbonyl (C=O) groups is 1. The number of anilines is 1. The number of hydrogen-bond acceptors (Lipinski definition) is 8. The summed E-state index contributed by atoms with van der Waals surface area (Å²) < 4.78 is 18.4. The minimum absolute atomic E-state index is 0.00470. The average molecular weight is 647 g/mol. The summed E-state index contributed by atoms with van der Waals surface area (Å²) in [5.41, 5.74) is 2.17. The molecular formula is C37H50N4O4S. The number of alkyl carbamates (subject to hydrolysis) is 1. The zero-order valence-electron chi connectivity index (χ0n) is 27.4. The third-order valence-corrected chi connectivity index (χ3v) is 9.51. The van der Waals surface area contributed by atoms with Crippen LogP contribution in [0.5, 0.6) is 11.6 Å². The first-order valence-electron chi connectivity index (χ1n) is 17.2. The fraction of sp³-hybridized carbons (Fsp3) is 0.514. The Morgan fingerprint density at radius 2 is 1.63 bits per heavy atom. The average Bonchev–Trinajstić information content (AvgIpc) is 3.57. The Bertz CT molecular complexity index is 1490. The molecule has 3 heterocycles. The molecule has 1 N–H and O–H groups in total. The SMILES string of the molecule is CCCCCCCCCCOC(=O)NCOc1ccc2ccc(OCCCCN3CCN(c4cccc5sccc45)CC3)cc2n1. The number of nitrogens with zero attached hydrogens (tertiary/aromatic N) is 3. The number of rotatable bonds is 19. The molecular weight excluding hydrogens is 596 g/mol. The fourth-order valence-electron chi connectivity index (χ4n) is 5.96. The Kier molecular flexibility index (Phi) is 13.6. The first kappa shape index (κ1) is 33.8. The van der Waals surface area contributed by atoms with Crippen LogP contribution in [0.2, 0.25) is 0 Å². The van der Waals surface area contributed by atoms with Gasteiger partial charge in [-0.15, -0.1) is 11.3 Å². The lowest BCUT2D eigenvalue weighted by Gasteiger charge is -2.36. The second-order valence-electron chi connectivity index (χ2n) is 12.1. The van der Waals surface area contributed by atoms with Crippen LogP contribution in [0, 0.1) is 0 Å². The number of ether oxygens (including phenoxy) is 3. The Labute approximate surface area is 278 Å². The number of nitrogens with one attached hydrogen (secondary N) is 1. The van der Waals surface area contributed by atoms with E-state index in [0.29, 0.717) is 19.1 Å². The van der Waals surface area contributed by atoms with Crippen LogP contribution >= 0.6 is 11.3 Å². The minimum atomic E-state index is -0.464. The summed E-state index contributed by atoms with van der Waals surface area (Å²) in [7, 11) is 0. The summed E-state index contributed by atoms with van der Waals surface area (Å²) >= 11 is 1.82. The Morgan fingerprint density at radius 1 is 0.848 bits per heavy atom. The molecule has 1 fully saturated rings. The molecule has 2 aromatic carbocycles. The number of thiophene rings is 1. The zero-order valence-corrected chi connectivity index (χ0v) is 28.2. The van der Waals surface area contributed by atoms with Crippen molar-refractivity contribution in [2.24, 2.45) is 0 Å². The monoisotopic (exact) mass is 646 g/mol. The van der Waals surface area contributed by atoms with Gasteiger partial charge in [0.15, 0.2) is 6.73 Å². The molecule has 1 amide bonds. The number of fused-ring (bicyclic) bond motifs is 2. The summed E-state index contributed by atoms with van der Waals surface area (Å²) in [6.45, 7) is 8.77. The Hall–Kier alpha value is -3.56. The lowest BCUT2D eigenvalue weighted by atomic mass is 10.1. The molecule has 1 aliphatic heterocycles. The smallest absolute Gasteiger partial charge is 0.409 e. The van der Waals surface area contributed by atoms with Gasteiger partial charge in [-0.2, -0.15) is 0 Å². The number of benzene rings is 2. The van der Waals surface area contributed by atoms with E-state index in [4.69, 9.17) is 14.2 Å². The molecule has 2 aromatic heterocycles. The van der Waals surface area contributed by atoms with Gasteiger partial charge in [0, 0.05) is 59.5 Å². The van der Waals surface area contributed by atoms with Crippen LogP contribution < -0.4 is 19.7 Å². The normalized spacial score (nSPS) is 13.7. The molecule has 4 aromatic rings. The van der Waals surface area contributed by atoms with Crippen LogP contribution in [0.15, 0.2) is 60.0 Å². The highest BCUT2D eigenvalue weighted by atomic mass is 32.1. The van der Waals surface area contributed by atoms with Crippen molar-refractivity contribution in [3.8, 4) is 11.6 Å². The largest absolute Gasteiger partial charge is 0.494 e. The number of carbonyl (C=O) groups excluding carboxylic acids is 1. The lowest BCUT2D eigenvalue weighted by molar-refractivity contribution is 0.133. The van der Waals surface area contributed by atoms with Gasteiger partial charge in [0.05, 0.1) is 18.7 Å². The van der Waals surface area contributed by atoms with E-state index in [1.807, 2.05) is 35.6 Å². The van der Waals surface area contributed by atoms with Crippen molar-refractivity contribution in [1.29, 1.82) is 0 Å². The van der Waals surface area contributed by atoms with Crippen LogP contribution in [0.25, 0.3) is 21.0 Å². The predicted molar refractivity (Wildman–Crippen MR) is 190 cm³/mol. The van der Waals surface area contributed by atoms with Gasteiger partial charge in [-0.1, -0.05) is 57.9 Å². The van der Waals surface area contributed by atoms with E-state index in [2.05, 4.69) is 56.7 Å². The van der Waals surface area contributed by atoms with Crippen LogP contribution in [0.3, 0.4) is 0 Å². The molecule has 46 heavy (non-hydrogen) atoms. The van der Waals surface area contributed by atoms with E-state index in [0.717, 1.165) is 75.1 Å². The first-order chi connectivity index (χ1) is 22.7. The van der Waals surface area contributed by atoms with Gasteiger partial charge < -0.3 is 19.1 Å². The molecule has 0 spiro atoms. The Morgan fingerprint density at radius 3 is 2.48 bits per heavy atom. The van der Waals surface area contributed by atoms with Crippen LogP contribution in [0.1, 0.15) is 71.1 Å². The molecule has 9 heteroatoms. The molecule has 5 rings (SSSR count). The van der Waals surface area contributed by atoms with Gasteiger partial charge in [-0.3, -0.25) is 10.2 Å². The van der Waals surface area contributed by atoms with Crippen molar-refractivity contribution < 1.29 is 19.0 Å². The summed E-state index contributed by atoms with van der Waals surface area (Å²) in [6.07, 6.45) is 11.3. The number of piperazine rings is 1. The molecule has 248 valence electrons. The van der Waals surface area contributed by atoms with Crippen molar-refractivity contribution in [1.82, 2.24) is 15.2 Å². The van der Waals surface area contributed by atoms with Crippen molar-refractivity contribution in [2.75, 3.05) is 57.6 Å². The molecule has 0 bridgehead atoms. The molecule has 0 unspecified atom stereocenters. The predicted octanol–water partition coefficient (Wildman–Crippen LogP) is 8.63. The lowest BCUT2D eigenvalue weighted by Crippen LogP contribution is -2.46. The van der Waals surface area contributed by atoms with Gasteiger partial charge in [0.25, 0.3) is 0 Å². The summed E-state index contributed by atoms with van der Waals surface area (Å²) in [4.78, 5) is 21.7. The summed E-state index contributed by atoms with van der Waals surface area (Å²) in [6, 6.07) is 18.6. The maximum Gasteiger partial charge on any atom is 0.409 e. The van der Waals surface area contributed by atoms with E-state index >= 15 is 0 Å². The highest BCUT2D eigenvalue weighted by Crippen LogP contribution is 2.31. The number of pyridine rings is 1. The van der Waals surface area contributed by atoms with Gasteiger partial charge >= 0.3 is 6.09 Å². The van der Waals surface area contributed by atoms with Gasteiger partial charge in [0.1, 0.15) is 5.75 Å². The van der Waals surface area contributed by atoms with E-state index < -0.39 is 6.09 Å². The zero-order chi connectivity index (χ0) is 31.8. The molecule has 1 aliphatic rings. The topological polar surface area (TPSA) is 76.2 Å². The summed E-state index contributed by atoms with van der Waals surface area (Å²) in [5, 5.41) is 7.21. The van der Waals surface area contributed by atoms with Crippen molar-refractivity contribution in [3.05, 3.63) is 60.0 Å². The van der Waals surface area contributed by atoms with E-state index in [1.54, 1.807) is 6.07 Å². The second-order valence-corrected chi connectivity index (χ2v) is 13.0. The van der Waals surface area contributed by atoms with Crippen LogP contribution in [-0.4, -0.2) is 68.6 Å². The Balaban J connectivity index is 0.937.